The van der Waals surface area contributed by atoms with E-state index in [9.17, 15) is 9.90 Å². The van der Waals surface area contributed by atoms with Crippen LogP contribution in [0.3, 0.4) is 0 Å². The Balaban J connectivity index is 2.15. The fraction of sp³-hybridized carbons (Fsp3) is 0.588. The third kappa shape index (κ3) is 1.65. The van der Waals surface area contributed by atoms with Gasteiger partial charge in [0.15, 0.2) is 5.60 Å². The van der Waals surface area contributed by atoms with E-state index in [0.717, 1.165) is 24.1 Å². The summed E-state index contributed by atoms with van der Waals surface area (Å²) in [6.45, 7) is 5.79. The van der Waals surface area contributed by atoms with Gasteiger partial charge < -0.3 is 10.0 Å². The number of rotatable bonds is 1. The minimum Gasteiger partial charge on any atom is -0.375 e. The van der Waals surface area contributed by atoms with Crippen molar-refractivity contribution in [1.29, 1.82) is 0 Å². The first-order valence-corrected chi connectivity index (χ1v) is 7.53. The maximum atomic E-state index is 13.0. The van der Waals surface area contributed by atoms with Crippen molar-refractivity contribution in [2.75, 3.05) is 4.90 Å². The zero-order valence-electron chi connectivity index (χ0n) is 12.5. The lowest BCUT2D eigenvalue weighted by Crippen LogP contribution is -2.51. The van der Waals surface area contributed by atoms with Crippen LogP contribution < -0.4 is 4.90 Å². The van der Waals surface area contributed by atoms with E-state index in [4.69, 9.17) is 0 Å². The van der Waals surface area contributed by atoms with E-state index in [2.05, 4.69) is 0 Å². The zero-order chi connectivity index (χ0) is 14.5. The van der Waals surface area contributed by atoms with Crippen molar-refractivity contribution in [3.05, 3.63) is 29.8 Å². The normalized spacial score (nSPS) is 27.2. The second-order valence-electron chi connectivity index (χ2n) is 7.09. The zero-order valence-corrected chi connectivity index (χ0v) is 12.5. The van der Waals surface area contributed by atoms with Crippen molar-refractivity contribution in [3.63, 3.8) is 0 Å². The van der Waals surface area contributed by atoms with Crippen molar-refractivity contribution >= 4 is 11.6 Å². The SMILES string of the molecule is CC(C)(C)C1(O)C(=O)N(C2CCCC2)c2ccccc21. The number of nitrogens with zero attached hydrogens (tertiary/aromatic N) is 1. The Labute approximate surface area is 120 Å². The molecule has 0 saturated heterocycles. The Morgan fingerprint density at radius 2 is 1.80 bits per heavy atom. The Hall–Kier alpha value is -1.35. The molecule has 3 rings (SSSR count). The summed E-state index contributed by atoms with van der Waals surface area (Å²) in [6, 6.07) is 7.96. The van der Waals surface area contributed by atoms with E-state index in [0.29, 0.717) is 0 Å². The summed E-state index contributed by atoms with van der Waals surface area (Å²) in [5, 5.41) is 11.2. The number of carbonyl (C=O) groups is 1. The highest BCUT2D eigenvalue weighted by atomic mass is 16.3. The van der Waals surface area contributed by atoms with Gasteiger partial charge in [-0.3, -0.25) is 4.79 Å². The summed E-state index contributed by atoms with van der Waals surface area (Å²) >= 11 is 0. The Kier molecular flexibility index (Phi) is 2.94. The van der Waals surface area contributed by atoms with Gasteiger partial charge in [-0.1, -0.05) is 51.8 Å². The molecule has 0 radical (unpaired) electrons. The van der Waals surface area contributed by atoms with E-state index in [-0.39, 0.29) is 11.9 Å². The first-order chi connectivity index (χ1) is 9.37. The summed E-state index contributed by atoms with van der Waals surface area (Å²) in [4.78, 5) is 14.9. The minimum atomic E-state index is -1.41. The predicted molar refractivity (Wildman–Crippen MR) is 79.5 cm³/mol. The number of fused-ring (bicyclic) bond motifs is 1. The fourth-order valence-corrected chi connectivity index (χ4v) is 3.64. The highest BCUT2D eigenvalue weighted by molar-refractivity contribution is 6.07. The van der Waals surface area contributed by atoms with Crippen LogP contribution in [0.1, 0.15) is 52.0 Å². The smallest absolute Gasteiger partial charge is 0.264 e. The summed E-state index contributed by atoms with van der Waals surface area (Å²) in [5.74, 6) is -0.141. The van der Waals surface area contributed by atoms with Crippen LogP contribution in [0.2, 0.25) is 0 Å². The van der Waals surface area contributed by atoms with Crippen LogP contribution in [0, 0.1) is 5.41 Å². The van der Waals surface area contributed by atoms with Crippen molar-refractivity contribution < 1.29 is 9.90 Å². The molecule has 1 amide bonds. The van der Waals surface area contributed by atoms with Crippen LogP contribution in [0.4, 0.5) is 5.69 Å². The van der Waals surface area contributed by atoms with Gasteiger partial charge in [0.1, 0.15) is 0 Å². The Bertz CT molecular complexity index is 540. The molecule has 1 aromatic carbocycles. The van der Waals surface area contributed by atoms with Gasteiger partial charge in [-0.15, -0.1) is 0 Å². The van der Waals surface area contributed by atoms with Crippen molar-refractivity contribution in [3.8, 4) is 0 Å². The van der Waals surface area contributed by atoms with E-state index < -0.39 is 11.0 Å². The molecule has 1 aliphatic heterocycles. The van der Waals surface area contributed by atoms with E-state index in [1.54, 1.807) is 0 Å². The Morgan fingerprint density at radius 3 is 2.40 bits per heavy atom. The van der Waals surface area contributed by atoms with E-state index in [1.165, 1.54) is 12.8 Å². The third-order valence-electron chi connectivity index (χ3n) is 4.86. The maximum absolute atomic E-state index is 13.0. The molecule has 1 aliphatic carbocycles. The second kappa shape index (κ2) is 4.32. The van der Waals surface area contributed by atoms with Gasteiger partial charge in [0.25, 0.3) is 5.91 Å². The lowest BCUT2D eigenvalue weighted by atomic mass is 9.73. The van der Waals surface area contributed by atoms with Crippen LogP contribution in [0.25, 0.3) is 0 Å². The summed E-state index contributed by atoms with van der Waals surface area (Å²) in [5.41, 5.74) is -0.258. The monoisotopic (exact) mass is 273 g/mol. The molecule has 20 heavy (non-hydrogen) atoms. The molecular formula is C17H23NO2. The predicted octanol–water partition coefficient (Wildman–Crippen LogP) is 3.21. The molecule has 1 heterocycles. The molecule has 0 aromatic heterocycles. The van der Waals surface area contributed by atoms with Gasteiger partial charge in [-0.05, 0) is 18.9 Å². The first kappa shape index (κ1) is 13.6. The van der Waals surface area contributed by atoms with Gasteiger partial charge in [-0.2, -0.15) is 0 Å². The standard InChI is InChI=1S/C17H23NO2/c1-16(2,3)17(20)13-10-6-7-11-14(13)18(15(17)19)12-8-4-5-9-12/h6-7,10-12,20H,4-5,8-9H2,1-3H3. The maximum Gasteiger partial charge on any atom is 0.264 e. The molecule has 0 spiro atoms. The number of para-hydroxylation sites is 1. The van der Waals surface area contributed by atoms with Crippen LogP contribution in [-0.2, 0) is 10.4 Å². The highest BCUT2D eigenvalue weighted by Gasteiger charge is 2.57. The van der Waals surface area contributed by atoms with Gasteiger partial charge in [0.05, 0.1) is 5.69 Å². The quantitative estimate of drug-likeness (QED) is 0.853. The molecule has 2 aliphatic rings. The molecule has 0 bridgehead atoms. The third-order valence-corrected chi connectivity index (χ3v) is 4.86. The molecule has 1 fully saturated rings. The summed E-state index contributed by atoms with van der Waals surface area (Å²) < 4.78 is 0. The Morgan fingerprint density at radius 1 is 1.20 bits per heavy atom. The molecule has 1 N–H and O–H groups in total. The number of aliphatic hydroxyl groups is 1. The second-order valence-corrected chi connectivity index (χ2v) is 7.09. The van der Waals surface area contributed by atoms with Crippen molar-refractivity contribution in [2.24, 2.45) is 5.41 Å². The summed E-state index contributed by atoms with van der Waals surface area (Å²) in [7, 11) is 0. The van der Waals surface area contributed by atoms with Gasteiger partial charge in [0, 0.05) is 17.0 Å². The number of benzene rings is 1. The number of anilines is 1. The van der Waals surface area contributed by atoms with Crippen LogP contribution in [0.5, 0.6) is 0 Å². The van der Waals surface area contributed by atoms with Gasteiger partial charge in [0.2, 0.25) is 0 Å². The largest absolute Gasteiger partial charge is 0.375 e. The lowest BCUT2D eigenvalue weighted by Gasteiger charge is -2.36. The van der Waals surface area contributed by atoms with Crippen molar-refractivity contribution in [1.82, 2.24) is 0 Å². The molecular weight excluding hydrogens is 250 g/mol. The van der Waals surface area contributed by atoms with Crippen LogP contribution >= 0.6 is 0 Å². The van der Waals surface area contributed by atoms with Gasteiger partial charge >= 0.3 is 0 Å². The first-order valence-electron chi connectivity index (χ1n) is 7.53. The minimum absolute atomic E-state index is 0.141. The number of hydrogen-bond donors (Lipinski definition) is 1. The molecule has 1 atom stereocenters. The molecule has 3 heteroatoms. The highest BCUT2D eigenvalue weighted by Crippen LogP contribution is 2.51. The van der Waals surface area contributed by atoms with Crippen LogP contribution in [-0.4, -0.2) is 17.1 Å². The van der Waals surface area contributed by atoms with Crippen LogP contribution in [0.15, 0.2) is 24.3 Å². The van der Waals surface area contributed by atoms with E-state index >= 15 is 0 Å². The molecule has 3 nitrogen and oxygen atoms in total. The average molecular weight is 273 g/mol. The lowest BCUT2D eigenvalue weighted by molar-refractivity contribution is -0.149. The number of carbonyl (C=O) groups excluding carboxylic acids is 1. The topological polar surface area (TPSA) is 40.5 Å². The summed E-state index contributed by atoms with van der Waals surface area (Å²) in [6.07, 6.45) is 4.43. The fourth-order valence-electron chi connectivity index (χ4n) is 3.64. The molecule has 1 unspecified atom stereocenters. The van der Waals surface area contributed by atoms with Gasteiger partial charge in [-0.25, -0.2) is 0 Å². The molecule has 1 aromatic rings. The number of amides is 1. The van der Waals surface area contributed by atoms with E-state index in [1.807, 2.05) is 49.9 Å². The molecule has 108 valence electrons. The number of hydrogen-bond acceptors (Lipinski definition) is 2. The average Bonchev–Trinajstić information content (AvgIpc) is 2.97. The van der Waals surface area contributed by atoms with Crippen molar-refractivity contribution in [2.45, 2.75) is 58.1 Å². The molecule has 1 saturated carbocycles.